The molecule has 2 aromatic rings. The van der Waals surface area contributed by atoms with Gasteiger partial charge >= 0.3 is 6.18 Å². The number of hydrogen-bond acceptors (Lipinski definition) is 5. The number of hydrogen-bond donors (Lipinski definition) is 0. The number of alkyl halides is 3. The Kier molecular flexibility index (Phi) is 4.45. The van der Waals surface area contributed by atoms with E-state index in [1.54, 1.807) is 18.2 Å². The quantitative estimate of drug-likeness (QED) is 0.702. The fourth-order valence-corrected chi connectivity index (χ4v) is 3.17. The first kappa shape index (κ1) is 18.6. The van der Waals surface area contributed by atoms with Crippen molar-refractivity contribution in [2.24, 2.45) is 0 Å². The van der Waals surface area contributed by atoms with Crippen LogP contribution in [0.5, 0.6) is 11.5 Å². The van der Waals surface area contributed by atoms with Gasteiger partial charge in [0.25, 0.3) is 5.91 Å². The topological polar surface area (TPSA) is 65.8 Å². The summed E-state index contributed by atoms with van der Waals surface area (Å²) in [7, 11) is 1.48. The van der Waals surface area contributed by atoms with Crippen LogP contribution in [-0.4, -0.2) is 41.7 Å². The van der Waals surface area contributed by atoms with E-state index in [1.807, 2.05) is 0 Å². The lowest BCUT2D eigenvalue weighted by Gasteiger charge is -2.35. The smallest absolute Gasteiger partial charge is 0.435 e. The minimum absolute atomic E-state index is 0.0161. The molecule has 1 fully saturated rings. The monoisotopic (exact) mass is 397 g/mol. The Morgan fingerprint density at radius 2 is 2.04 bits per heavy atom. The highest BCUT2D eigenvalue weighted by atomic mass is 19.4. The predicted octanol–water partition coefficient (Wildman–Crippen LogP) is 2.84. The van der Waals surface area contributed by atoms with Crippen LogP contribution < -0.4 is 14.4 Å². The third kappa shape index (κ3) is 3.28. The first-order valence-electron chi connectivity index (χ1n) is 8.70. The zero-order chi connectivity index (χ0) is 19.9. The average Bonchev–Trinajstić information content (AvgIpc) is 3.24. The number of fused-ring (bicyclic) bond motifs is 1. The molecule has 0 bridgehead atoms. The Labute approximate surface area is 158 Å². The highest BCUT2D eigenvalue weighted by Gasteiger charge is 2.58. The van der Waals surface area contributed by atoms with Crippen LogP contribution in [-0.2, 0) is 22.3 Å². The lowest BCUT2D eigenvalue weighted by Crippen LogP contribution is -2.49. The molecule has 28 heavy (non-hydrogen) atoms. The van der Waals surface area contributed by atoms with Crippen LogP contribution in [0.3, 0.4) is 0 Å². The normalized spacial score (nSPS) is 17.4. The first-order chi connectivity index (χ1) is 13.3. The number of methoxy groups -OCH3 is 1. The number of nitrogens with zero attached hydrogens (tertiary/aromatic N) is 3. The van der Waals surface area contributed by atoms with Crippen molar-refractivity contribution in [3.8, 4) is 11.5 Å². The first-order valence-corrected chi connectivity index (χ1v) is 8.70. The Balaban J connectivity index is 1.61. The van der Waals surface area contributed by atoms with E-state index in [1.165, 1.54) is 22.9 Å². The molecule has 1 spiro atoms. The predicted molar refractivity (Wildman–Crippen MR) is 91.1 cm³/mol. The van der Waals surface area contributed by atoms with Crippen LogP contribution in [0.15, 0.2) is 30.5 Å². The second kappa shape index (κ2) is 6.69. The number of halogens is 3. The van der Waals surface area contributed by atoms with Crippen molar-refractivity contribution >= 4 is 11.6 Å². The van der Waals surface area contributed by atoms with Crippen molar-refractivity contribution in [2.75, 3.05) is 25.3 Å². The molecule has 1 aliphatic heterocycles. The summed E-state index contributed by atoms with van der Waals surface area (Å²) in [5, 5.41) is 3.54. The summed E-state index contributed by atoms with van der Waals surface area (Å²) in [5.41, 5.74) is -1.40. The van der Waals surface area contributed by atoms with Gasteiger partial charge in [0.15, 0.2) is 18.1 Å². The van der Waals surface area contributed by atoms with E-state index >= 15 is 0 Å². The van der Waals surface area contributed by atoms with Gasteiger partial charge in [-0.05, 0) is 18.2 Å². The maximum absolute atomic E-state index is 13.0. The molecule has 1 saturated carbocycles. The lowest BCUT2D eigenvalue weighted by atomic mass is 10.1. The van der Waals surface area contributed by atoms with Gasteiger partial charge in [-0.3, -0.25) is 9.48 Å². The molecule has 1 aromatic carbocycles. The summed E-state index contributed by atoms with van der Waals surface area (Å²) >= 11 is 0. The van der Waals surface area contributed by atoms with Gasteiger partial charge in [0.1, 0.15) is 17.2 Å². The molecular weight excluding hydrogens is 379 g/mol. The van der Waals surface area contributed by atoms with Crippen molar-refractivity contribution < 1.29 is 32.2 Å². The second-order valence-electron chi connectivity index (χ2n) is 6.67. The van der Waals surface area contributed by atoms with Gasteiger partial charge in [0.2, 0.25) is 0 Å². The van der Waals surface area contributed by atoms with Crippen LogP contribution in [0.1, 0.15) is 18.5 Å². The molecule has 150 valence electrons. The molecule has 10 heteroatoms. The molecule has 1 amide bonds. The lowest BCUT2D eigenvalue weighted by molar-refractivity contribution is -0.141. The molecule has 0 saturated heterocycles. The second-order valence-corrected chi connectivity index (χ2v) is 6.67. The molecule has 1 aromatic heterocycles. The minimum Gasteiger partial charge on any atom is -0.475 e. The van der Waals surface area contributed by atoms with Gasteiger partial charge in [-0.15, -0.1) is 0 Å². The number of benzene rings is 1. The van der Waals surface area contributed by atoms with E-state index in [4.69, 9.17) is 14.2 Å². The van der Waals surface area contributed by atoms with Gasteiger partial charge in [-0.25, -0.2) is 0 Å². The van der Waals surface area contributed by atoms with Gasteiger partial charge in [0.05, 0.1) is 6.54 Å². The Morgan fingerprint density at radius 1 is 1.25 bits per heavy atom. The molecule has 0 N–H and O–H groups in total. The average molecular weight is 397 g/mol. The van der Waals surface area contributed by atoms with Gasteiger partial charge < -0.3 is 19.1 Å². The van der Waals surface area contributed by atoms with E-state index in [9.17, 15) is 18.0 Å². The van der Waals surface area contributed by atoms with Crippen LogP contribution in [0, 0.1) is 0 Å². The van der Waals surface area contributed by atoms with Crippen LogP contribution >= 0.6 is 0 Å². The standard InChI is InChI=1S/C18H18F3N3O4/c1-26-11-27-12-3-2-4-13-15(12)24(16(25)17(28-13)6-7-17)10-9-23-8-5-14(22-23)18(19,20)21/h2-5,8H,6-7,9-11H2,1H3. The third-order valence-corrected chi connectivity index (χ3v) is 4.69. The molecular formula is C18H18F3N3O4. The Morgan fingerprint density at radius 3 is 2.68 bits per heavy atom. The number of rotatable bonds is 6. The number of aromatic nitrogens is 2. The SMILES string of the molecule is COCOc1cccc2c1N(CCn1ccc(C(F)(F)F)n1)C(=O)C1(CC1)O2. The third-order valence-electron chi connectivity index (χ3n) is 4.69. The molecule has 0 radical (unpaired) electrons. The molecule has 2 heterocycles. The summed E-state index contributed by atoms with van der Waals surface area (Å²) in [6.07, 6.45) is -2.06. The highest BCUT2D eigenvalue weighted by Crippen LogP contribution is 2.52. The summed E-state index contributed by atoms with van der Waals surface area (Å²) in [5.74, 6) is 0.679. The number of carbonyl (C=O) groups excluding carboxylic acids is 1. The number of ether oxygens (including phenoxy) is 3. The van der Waals surface area contributed by atoms with Crippen molar-refractivity contribution in [3.05, 3.63) is 36.2 Å². The minimum atomic E-state index is -4.51. The maximum Gasteiger partial charge on any atom is 0.435 e. The van der Waals surface area contributed by atoms with E-state index in [0.29, 0.717) is 30.0 Å². The van der Waals surface area contributed by atoms with Crippen molar-refractivity contribution in [3.63, 3.8) is 0 Å². The summed E-state index contributed by atoms with van der Waals surface area (Å²) in [6.45, 7) is 0.205. The molecule has 0 unspecified atom stereocenters. The maximum atomic E-state index is 13.0. The fraction of sp³-hybridized carbons (Fsp3) is 0.444. The van der Waals surface area contributed by atoms with Gasteiger partial charge in [-0.2, -0.15) is 18.3 Å². The van der Waals surface area contributed by atoms with E-state index in [-0.39, 0.29) is 25.8 Å². The van der Waals surface area contributed by atoms with Crippen molar-refractivity contribution in [1.29, 1.82) is 0 Å². The highest BCUT2D eigenvalue weighted by molar-refractivity contribution is 6.05. The van der Waals surface area contributed by atoms with Crippen LogP contribution in [0.25, 0.3) is 0 Å². The van der Waals surface area contributed by atoms with E-state index < -0.39 is 17.5 Å². The van der Waals surface area contributed by atoms with Gasteiger partial charge in [-0.1, -0.05) is 6.07 Å². The largest absolute Gasteiger partial charge is 0.475 e. The molecule has 7 nitrogen and oxygen atoms in total. The Hall–Kier alpha value is -2.75. The zero-order valence-electron chi connectivity index (χ0n) is 15.0. The molecule has 0 atom stereocenters. The zero-order valence-corrected chi connectivity index (χ0v) is 15.0. The number of amides is 1. The van der Waals surface area contributed by atoms with Crippen LogP contribution in [0.4, 0.5) is 18.9 Å². The summed E-state index contributed by atoms with van der Waals surface area (Å²) < 4.78 is 55.8. The van der Waals surface area contributed by atoms with Crippen molar-refractivity contribution in [2.45, 2.75) is 31.2 Å². The van der Waals surface area contributed by atoms with Gasteiger partial charge in [0, 0.05) is 32.7 Å². The molecule has 2 aliphatic rings. The molecule has 1 aliphatic carbocycles. The van der Waals surface area contributed by atoms with E-state index in [2.05, 4.69) is 5.10 Å². The number of carbonyl (C=O) groups is 1. The number of para-hydroxylation sites is 1. The molecule has 4 rings (SSSR count). The fourth-order valence-electron chi connectivity index (χ4n) is 3.17. The van der Waals surface area contributed by atoms with Crippen molar-refractivity contribution in [1.82, 2.24) is 9.78 Å². The van der Waals surface area contributed by atoms with Crippen LogP contribution in [0.2, 0.25) is 0 Å². The summed E-state index contributed by atoms with van der Waals surface area (Å²) in [4.78, 5) is 14.5. The number of anilines is 1. The summed E-state index contributed by atoms with van der Waals surface area (Å²) in [6, 6.07) is 6.08. The van der Waals surface area contributed by atoms with E-state index in [0.717, 1.165) is 6.07 Å². The Bertz CT molecular complexity index is 892.